The molecule has 2 aromatic carbocycles. The number of anilines is 1. The van der Waals surface area contributed by atoms with E-state index in [1.165, 1.54) is 0 Å². The Balaban J connectivity index is 1.78. The summed E-state index contributed by atoms with van der Waals surface area (Å²) in [5, 5.41) is 2.88. The number of carbonyl (C=O) groups is 1. The van der Waals surface area contributed by atoms with E-state index in [0.717, 1.165) is 11.8 Å². The van der Waals surface area contributed by atoms with Crippen molar-refractivity contribution in [2.75, 3.05) is 24.2 Å². The van der Waals surface area contributed by atoms with Crippen LogP contribution in [0.2, 0.25) is 0 Å². The number of para-hydroxylation sites is 1. The maximum absolute atomic E-state index is 12.6. The smallest absolute Gasteiger partial charge is 0.253 e. The molecule has 0 bridgehead atoms. The van der Waals surface area contributed by atoms with Gasteiger partial charge in [-0.2, -0.15) is 0 Å². The van der Waals surface area contributed by atoms with E-state index < -0.39 is 10.0 Å². The Labute approximate surface area is 152 Å². The molecule has 138 valence electrons. The molecule has 1 heterocycles. The Bertz CT molecular complexity index is 927. The Morgan fingerprint density at radius 2 is 1.77 bits per heavy atom. The molecule has 1 amide bonds. The monoisotopic (exact) mass is 376 g/mol. The van der Waals surface area contributed by atoms with Gasteiger partial charge in [-0.25, -0.2) is 8.42 Å². The van der Waals surface area contributed by atoms with E-state index in [1.807, 2.05) is 25.1 Å². The molecule has 7 nitrogen and oxygen atoms in total. The van der Waals surface area contributed by atoms with Crippen molar-refractivity contribution in [3.05, 3.63) is 53.6 Å². The van der Waals surface area contributed by atoms with Crippen LogP contribution in [0.3, 0.4) is 0 Å². The maximum Gasteiger partial charge on any atom is 0.253 e. The van der Waals surface area contributed by atoms with Crippen LogP contribution in [-0.2, 0) is 10.0 Å². The van der Waals surface area contributed by atoms with E-state index in [-0.39, 0.29) is 23.2 Å². The Kier molecular flexibility index (Phi) is 5.03. The van der Waals surface area contributed by atoms with Crippen molar-refractivity contribution in [3.63, 3.8) is 0 Å². The summed E-state index contributed by atoms with van der Waals surface area (Å²) < 4.78 is 36.4. The van der Waals surface area contributed by atoms with Gasteiger partial charge in [0.1, 0.15) is 13.2 Å². The van der Waals surface area contributed by atoms with E-state index in [1.54, 1.807) is 24.3 Å². The first-order chi connectivity index (χ1) is 12.3. The van der Waals surface area contributed by atoms with Gasteiger partial charge in [0.05, 0.1) is 23.5 Å². The van der Waals surface area contributed by atoms with Crippen molar-refractivity contribution in [2.45, 2.75) is 13.0 Å². The van der Waals surface area contributed by atoms with Crippen LogP contribution in [-0.4, -0.2) is 33.8 Å². The lowest BCUT2D eigenvalue weighted by molar-refractivity contribution is 0.0940. The summed E-state index contributed by atoms with van der Waals surface area (Å²) in [5.74, 6) is 0.953. The number of benzene rings is 2. The Morgan fingerprint density at radius 1 is 1.08 bits per heavy atom. The van der Waals surface area contributed by atoms with Crippen LogP contribution >= 0.6 is 0 Å². The second-order valence-electron chi connectivity index (χ2n) is 6.02. The summed E-state index contributed by atoms with van der Waals surface area (Å²) in [5.41, 5.74) is 1.35. The van der Waals surface area contributed by atoms with Crippen molar-refractivity contribution in [3.8, 4) is 11.5 Å². The topological polar surface area (TPSA) is 93.7 Å². The van der Waals surface area contributed by atoms with Crippen molar-refractivity contribution >= 4 is 21.6 Å². The third-order valence-electron chi connectivity index (χ3n) is 3.88. The first-order valence-corrected chi connectivity index (χ1v) is 10.00. The molecule has 0 spiro atoms. The van der Waals surface area contributed by atoms with Crippen molar-refractivity contribution in [2.24, 2.45) is 0 Å². The minimum absolute atomic E-state index is 0.238. The van der Waals surface area contributed by atoms with Crippen molar-refractivity contribution < 1.29 is 22.7 Å². The highest BCUT2D eigenvalue weighted by molar-refractivity contribution is 7.92. The van der Waals surface area contributed by atoms with Crippen LogP contribution in [0.4, 0.5) is 5.69 Å². The fraction of sp³-hybridized carbons (Fsp3) is 0.278. The standard InChI is InChI=1S/C18H20N2O5S/c1-12(13-7-8-16-17(11-13)25-10-9-24-16)19-18(21)14-5-3-4-6-15(14)20-26(2,22)23/h3-8,11-12,20H,9-10H2,1-2H3,(H,19,21)/t12-/m0/s1. The molecule has 1 atom stereocenters. The summed E-state index contributed by atoms with van der Waals surface area (Å²) >= 11 is 0. The molecule has 1 aliphatic rings. The summed E-state index contributed by atoms with van der Waals surface area (Å²) in [7, 11) is -3.48. The molecule has 0 aliphatic carbocycles. The number of ether oxygens (including phenoxy) is 2. The molecule has 0 fully saturated rings. The van der Waals surface area contributed by atoms with Gasteiger partial charge in [0, 0.05) is 0 Å². The molecule has 1 aliphatic heterocycles. The van der Waals surface area contributed by atoms with Gasteiger partial charge in [-0.3, -0.25) is 9.52 Å². The molecule has 0 saturated heterocycles. The first-order valence-electron chi connectivity index (χ1n) is 8.11. The van der Waals surface area contributed by atoms with Gasteiger partial charge >= 0.3 is 0 Å². The number of fused-ring (bicyclic) bond motifs is 1. The maximum atomic E-state index is 12.6. The Morgan fingerprint density at radius 3 is 2.50 bits per heavy atom. The highest BCUT2D eigenvalue weighted by Crippen LogP contribution is 2.32. The van der Waals surface area contributed by atoms with Gasteiger partial charge in [-0.15, -0.1) is 0 Å². The first kappa shape index (κ1) is 18.1. The lowest BCUT2D eigenvalue weighted by Gasteiger charge is -2.21. The molecular formula is C18H20N2O5S. The van der Waals surface area contributed by atoms with Crippen LogP contribution in [0.5, 0.6) is 11.5 Å². The third-order valence-corrected chi connectivity index (χ3v) is 4.47. The zero-order valence-corrected chi connectivity index (χ0v) is 15.3. The second kappa shape index (κ2) is 7.25. The SMILES string of the molecule is C[C@H](NC(=O)c1ccccc1NS(C)(=O)=O)c1ccc2c(c1)OCCO2. The zero-order chi connectivity index (χ0) is 18.7. The fourth-order valence-electron chi connectivity index (χ4n) is 2.66. The summed E-state index contributed by atoms with van der Waals surface area (Å²) in [6, 6.07) is 11.7. The number of hydrogen-bond acceptors (Lipinski definition) is 5. The summed E-state index contributed by atoms with van der Waals surface area (Å²) in [6.45, 7) is 2.85. The Hall–Kier alpha value is -2.74. The third kappa shape index (κ3) is 4.26. The largest absolute Gasteiger partial charge is 0.486 e. The van der Waals surface area contributed by atoms with Gasteiger partial charge in [-0.05, 0) is 36.8 Å². The van der Waals surface area contributed by atoms with E-state index in [4.69, 9.17) is 9.47 Å². The number of hydrogen-bond donors (Lipinski definition) is 2. The van der Waals surface area contributed by atoms with Crippen molar-refractivity contribution in [1.82, 2.24) is 5.32 Å². The average molecular weight is 376 g/mol. The molecule has 8 heteroatoms. The minimum Gasteiger partial charge on any atom is -0.486 e. The molecule has 0 radical (unpaired) electrons. The van der Waals surface area contributed by atoms with E-state index in [9.17, 15) is 13.2 Å². The fourth-order valence-corrected chi connectivity index (χ4v) is 3.23. The summed E-state index contributed by atoms with van der Waals surface area (Å²) in [4.78, 5) is 12.6. The van der Waals surface area contributed by atoms with Gasteiger partial charge in [-0.1, -0.05) is 18.2 Å². The van der Waals surface area contributed by atoms with E-state index in [0.29, 0.717) is 24.7 Å². The number of amides is 1. The van der Waals surface area contributed by atoms with Crippen LogP contribution in [0, 0.1) is 0 Å². The highest BCUT2D eigenvalue weighted by Gasteiger charge is 2.18. The predicted octanol–water partition coefficient (Wildman–Crippen LogP) is 2.32. The minimum atomic E-state index is -3.48. The second-order valence-corrected chi connectivity index (χ2v) is 7.77. The van der Waals surface area contributed by atoms with Crippen LogP contribution < -0.4 is 19.5 Å². The van der Waals surface area contributed by atoms with Gasteiger partial charge < -0.3 is 14.8 Å². The van der Waals surface area contributed by atoms with Gasteiger partial charge in [0.25, 0.3) is 5.91 Å². The number of nitrogens with one attached hydrogen (secondary N) is 2. The normalized spacial score (nSPS) is 14.4. The lowest BCUT2D eigenvalue weighted by atomic mass is 10.1. The van der Waals surface area contributed by atoms with E-state index in [2.05, 4.69) is 10.0 Å². The van der Waals surface area contributed by atoms with Gasteiger partial charge in [0.15, 0.2) is 11.5 Å². The van der Waals surface area contributed by atoms with Crippen LogP contribution in [0.15, 0.2) is 42.5 Å². The van der Waals surface area contributed by atoms with Crippen LogP contribution in [0.25, 0.3) is 0 Å². The number of rotatable bonds is 5. The molecular weight excluding hydrogens is 356 g/mol. The molecule has 2 aromatic rings. The van der Waals surface area contributed by atoms with E-state index >= 15 is 0 Å². The molecule has 3 rings (SSSR count). The molecule has 0 saturated carbocycles. The lowest BCUT2D eigenvalue weighted by Crippen LogP contribution is -2.28. The number of carbonyl (C=O) groups excluding carboxylic acids is 1. The molecule has 0 unspecified atom stereocenters. The quantitative estimate of drug-likeness (QED) is 0.835. The predicted molar refractivity (Wildman–Crippen MR) is 98.2 cm³/mol. The van der Waals surface area contributed by atoms with Gasteiger partial charge in [0.2, 0.25) is 10.0 Å². The molecule has 0 aromatic heterocycles. The highest BCUT2D eigenvalue weighted by atomic mass is 32.2. The average Bonchev–Trinajstić information content (AvgIpc) is 2.60. The molecule has 2 N–H and O–H groups in total. The van der Waals surface area contributed by atoms with Crippen molar-refractivity contribution in [1.29, 1.82) is 0 Å². The number of sulfonamides is 1. The summed E-state index contributed by atoms with van der Waals surface area (Å²) in [6.07, 6.45) is 1.04. The van der Waals surface area contributed by atoms with Crippen LogP contribution in [0.1, 0.15) is 28.9 Å². The zero-order valence-electron chi connectivity index (χ0n) is 14.5. The molecule has 26 heavy (non-hydrogen) atoms.